The molecule has 0 spiro atoms. The van der Waals surface area contributed by atoms with Crippen molar-refractivity contribution in [2.24, 2.45) is 5.92 Å². The molecule has 0 unspecified atom stereocenters. The molecule has 3 aromatic rings. The summed E-state index contributed by atoms with van der Waals surface area (Å²) in [5, 5.41) is 6.02. The fourth-order valence-corrected chi connectivity index (χ4v) is 3.08. The number of likely N-dealkylation sites (tertiary alicyclic amines) is 1. The second-order valence-electron chi connectivity index (χ2n) is 5.50. The van der Waals surface area contributed by atoms with Crippen LogP contribution in [0, 0.1) is 5.92 Å². The Balaban J connectivity index is 1.40. The van der Waals surface area contributed by atoms with Crippen LogP contribution in [-0.2, 0) is 4.79 Å². The second kappa shape index (κ2) is 5.97. The van der Waals surface area contributed by atoms with Crippen LogP contribution in [0.1, 0.15) is 10.5 Å². The van der Waals surface area contributed by atoms with Crippen molar-refractivity contribution in [1.29, 1.82) is 0 Å². The largest absolute Gasteiger partial charge is 0.336 e. The van der Waals surface area contributed by atoms with Crippen molar-refractivity contribution in [2.75, 3.05) is 18.4 Å². The average Bonchev–Trinajstić information content (AvgIpc) is 3.05. The summed E-state index contributed by atoms with van der Waals surface area (Å²) in [5.74, 6) is -0.471. The third kappa shape index (κ3) is 2.71. The van der Waals surface area contributed by atoms with E-state index < -0.39 is 0 Å². The highest BCUT2D eigenvalue weighted by atomic mass is 32.1. The van der Waals surface area contributed by atoms with Crippen LogP contribution >= 0.6 is 11.3 Å². The van der Waals surface area contributed by atoms with Gasteiger partial charge in [0.25, 0.3) is 5.91 Å². The lowest BCUT2D eigenvalue weighted by atomic mass is 9.98. The van der Waals surface area contributed by atoms with Gasteiger partial charge in [-0.25, -0.2) is 9.97 Å². The minimum atomic E-state index is -0.206. The minimum absolute atomic E-state index is 0.105. The van der Waals surface area contributed by atoms with Gasteiger partial charge in [0.2, 0.25) is 5.91 Å². The predicted molar refractivity (Wildman–Crippen MR) is 89.7 cm³/mol. The van der Waals surface area contributed by atoms with Crippen LogP contribution < -0.4 is 5.32 Å². The first-order chi connectivity index (χ1) is 11.7. The number of rotatable bonds is 3. The summed E-state index contributed by atoms with van der Waals surface area (Å²) in [7, 11) is 0. The zero-order valence-corrected chi connectivity index (χ0v) is 13.4. The first-order valence-corrected chi connectivity index (χ1v) is 8.29. The molecule has 0 atom stereocenters. The van der Waals surface area contributed by atoms with Crippen LogP contribution in [0.2, 0.25) is 0 Å². The molecule has 4 heterocycles. The van der Waals surface area contributed by atoms with E-state index in [1.165, 1.54) is 11.3 Å². The Bertz CT molecular complexity index is 906. The van der Waals surface area contributed by atoms with E-state index in [0.717, 1.165) is 10.9 Å². The zero-order chi connectivity index (χ0) is 16.5. The van der Waals surface area contributed by atoms with E-state index in [-0.39, 0.29) is 17.7 Å². The van der Waals surface area contributed by atoms with Gasteiger partial charge >= 0.3 is 0 Å². The van der Waals surface area contributed by atoms with Crippen LogP contribution in [-0.4, -0.2) is 44.8 Å². The quantitative estimate of drug-likeness (QED) is 0.786. The average molecular weight is 339 g/mol. The SMILES string of the molecule is O=C(Nc1nccs1)C1CN(C(=O)c2ccc3cnccc3n2)C1. The van der Waals surface area contributed by atoms with Gasteiger partial charge in [0.05, 0.1) is 11.4 Å². The highest BCUT2D eigenvalue weighted by molar-refractivity contribution is 7.13. The second-order valence-corrected chi connectivity index (χ2v) is 6.39. The van der Waals surface area contributed by atoms with Crippen molar-refractivity contribution >= 4 is 39.2 Å². The molecule has 0 bridgehead atoms. The van der Waals surface area contributed by atoms with Gasteiger partial charge in [-0.05, 0) is 18.2 Å². The molecule has 1 N–H and O–H groups in total. The van der Waals surface area contributed by atoms with Gasteiger partial charge in [-0.15, -0.1) is 11.3 Å². The molecule has 1 aliphatic rings. The Morgan fingerprint density at radius 2 is 2.08 bits per heavy atom. The van der Waals surface area contributed by atoms with Gasteiger partial charge in [-0.1, -0.05) is 0 Å². The highest BCUT2D eigenvalue weighted by Gasteiger charge is 2.36. The lowest BCUT2D eigenvalue weighted by molar-refractivity contribution is -0.123. The molecule has 120 valence electrons. The number of hydrogen-bond acceptors (Lipinski definition) is 6. The zero-order valence-electron chi connectivity index (χ0n) is 12.5. The molecular formula is C16H13N5O2S. The van der Waals surface area contributed by atoms with E-state index in [1.54, 1.807) is 41.0 Å². The van der Waals surface area contributed by atoms with Crippen molar-refractivity contribution in [3.8, 4) is 0 Å². The van der Waals surface area contributed by atoms with Crippen molar-refractivity contribution in [2.45, 2.75) is 0 Å². The monoisotopic (exact) mass is 339 g/mol. The molecule has 0 saturated carbocycles. The summed E-state index contributed by atoms with van der Waals surface area (Å²) in [6, 6.07) is 5.29. The maximum Gasteiger partial charge on any atom is 0.272 e. The van der Waals surface area contributed by atoms with Gasteiger partial charge < -0.3 is 10.2 Å². The van der Waals surface area contributed by atoms with Crippen molar-refractivity contribution < 1.29 is 9.59 Å². The molecule has 0 aliphatic carbocycles. The van der Waals surface area contributed by atoms with Gasteiger partial charge in [0.15, 0.2) is 5.13 Å². The molecule has 7 nitrogen and oxygen atoms in total. The summed E-state index contributed by atoms with van der Waals surface area (Å²) in [6.07, 6.45) is 4.99. The molecule has 0 radical (unpaired) electrons. The van der Waals surface area contributed by atoms with E-state index in [0.29, 0.717) is 23.9 Å². The maximum absolute atomic E-state index is 12.5. The third-order valence-corrected chi connectivity index (χ3v) is 4.60. The Hall–Kier alpha value is -2.87. The number of amides is 2. The van der Waals surface area contributed by atoms with E-state index in [4.69, 9.17) is 0 Å². The number of aromatic nitrogens is 3. The number of pyridine rings is 2. The molecule has 1 saturated heterocycles. The van der Waals surface area contributed by atoms with E-state index >= 15 is 0 Å². The Morgan fingerprint density at radius 3 is 2.88 bits per heavy atom. The first-order valence-electron chi connectivity index (χ1n) is 7.41. The summed E-state index contributed by atoms with van der Waals surface area (Å²) in [6.45, 7) is 0.790. The topological polar surface area (TPSA) is 88.1 Å². The molecular weight excluding hydrogens is 326 g/mol. The Labute approximate surface area is 141 Å². The number of hydrogen-bond donors (Lipinski definition) is 1. The molecule has 1 fully saturated rings. The van der Waals surface area contributed by atoms with Crippen molar-refractivity contribution in [1.82, 2.24) is 19.9 Å². The summed E-state index contributed by atoms with van der Waals surface area (Å²) in [4.78, 5) is 38.6. The predicted octanol–water partition coefficient (Wildman–Crippen LogP) is 1.80. The maximum atomic E-state index is 12.5. The smallest absolute Gasteiger partial charge is 0.272 e. The molecule has 2 amide bonds. The Kier molecular flexibility index (Phi) is 3.66. The number of carbonyl (C=O) groups is 2. The fourth-order valence-electron chi connectivity index (χ4n) is 2.55. The standard InChI is InChI=1S/C16H13N5O2S/c22-14(20-16-18-5-6-24-16)11-8-21(9-11)15(23)13-2-1-10-7-17-4-3-12(10)19-13/h1-7,11H,8-9H2,(H,18,20,22). The molecule has 1 aliphatic heterocycles. The van der Waals surface area contributed by atoms with Crippen LogP contribution in [0.4, 0.5) is 5.13 Å². The van der Waals surface area contributed by atoms with Crippen molar-refractivity contribution in [3.05, 3.63) is 47.9 Å². The number of thiazole rings is 1. The summed E-state index contributed by atoms with van der Waals surface area (Å²) >= 11 is 1.37. The fraction of sp³-hybridized carbons (Fsp3) is 0.188. The number of carbonyl (C=O) groups excluding carboxylic acids is 2. The van der Waals surface area contributed by atoms with Crippen LogP contribution in [0.3, 0.4) is 0 Å². The Morgan fingerprint density at radius 1 is 1.21 bits per heavy atom. The lowest BCUT2D eigenvalue weighted by Crippen LogP contribution is -2.54. The van der Waals surface area contributed by atoms with Crippen molar-refractivity contribution in [3.63, 3.8) is 0 Å². The molecule has 0 aromatic carbocycles. The van der Waals surface area contributed by atoms with Gasteiger partial charge in [-0.3, -0.25) is 14.6 Å². The molecule has 24 heavy (non-hydrogen) atoms. The summed E-state index contributed by atoms with van der Waals surface area (Å²) in [5.41, 5.74) is 1.11. The highest BCUT2D eigenvalue weighted by Crippen LogP contribution is 2.21. The van der Waals surface area contributed by atoms with Crippen LogP contribution in [0.5, 0.6) is 0 Å². The minimum Gasteiger partial charge on any atom is -0.336 e. The van der Waals surface area contributed by atoms with E-state index in [1.807, 2.05) is 6.07 Å². The number of nitrogens with zero attached hydrogens (tertiary/aromatic N) is 4. The van der Waals surface area contributed by atoms with Crippen LogP contribution in [0.25, 0.3) is 10.9 Å². The summed E-state index contributed by atoms with van der Waals surface area (Å²) < 4.78 is 0. The first kappa shape index (κ1) is 14.7. The third-order valence-electron chi connectivity index (χ3n) is 3.91. The molecule has 8 heteroatoms. The number of anilines is 1. The number of nitrogens with one attached hydrogen (secondary N) is 1. The number of fused-ring (bicyclic) bond motifs is 1. The van der Waals surface area contributed by atoms with Gasteiger partial charge in [0.1, 0.15) is 5.69 Å². The van der Waals surface area contributed by atoms with Crippen LogP contribution in [0.15, 0.2) is 42.2 Å². The lowest BCUT2D eigenvalue weighted by Gasteiger charge is -2.37. The van der Waals surface area contributed by atoms with Gasteiger partial charge in [0, 0.05) is 42.4 Å². The van der Waals surface area contributed by atoms with E-state index in [9.17, 15) is 9.59 Å². The molecule has 4 rings (SSSR count). The van der Waals surface area contributed by atoms with Gasteiger partial charge in [-0.2, -0.15) is 0 Å². The normalized spacial score (nSPS) is 14.4. The molecule has 3 aromatic heterocycles. The van der Waals surface area contributed by atoms with E-state index in [2.05, 4.69) is 20.3 Å².